The lowest BCUT2D eigenvalue weighted by atomic mass is 9.87. The molecule has 162 valence electrons. The van der Waals surface area contributed by atoms with Gasteiger partial charge in [0.15, 0.2) is 11.5 Å². The smallest absolute Gasteiger partial charge is 0.311 e. The molecule has 0 aliphatic heterocycles. The standard InChI is InChI=1S/C26H34O4/c1-3-5-7-8-9-10-11-12-13-18-22-24(28)20-16-14-15-17-21(20)25(29)26(22)30-23(27)19-6-4-2/h13-18H,3-12,19H2,1-2H3. The average Bonchev–Trinajstić information content (AvgIpc) is 2.76. The summed E-state index contributed by atoms with van der Waals surface area (Å²) in [6.07, 6.45) is 14.7. The van der Waals surface area contributed by atoms with Gasteiger partial charge in [-0.1, -0.05) is 95.2 Å². The molecule has 4 nitrogen and oxygen atoms in total. The van der Waals surface area contributed by atoms with E-state index in [1.807, 2.05) is 13.0 Å². The zero-order valence-corrected chi connectivity index (χ0v) is 18.4. The number of unbranched alkanes of at least 4 members (excludes halogenated alkanes) is 8. The highest BCUT2D eigenvalue weighted by molar-refractivity contribution is 6.27. The van der Waals surface area contributed by atoms with Gasteiger partial charge in [-0.3, -0.25) is 14.4 Å². The number of carbonyl (C=O) groups excluding carboxylic acids is 3. The number of benzene rings is 1. The lowest BCUT2D eigenvalue weighted by molar-refractivity contribution is -0.139. The van der Waals surface area contributed by atoms with Crippen LogP contribution in [0.1, 0.15) is 105 Å². The number of hydrogen-bond acceptors (Lipinski definition) is 4. The number of allylic oxidation sites excluding steroid dienone is 4. The number of carbonyl (C=O) groups is 3. The SMILES string of the molecule is CCCCCCCCCC=CC1=C(OC(=O)CCCC)C(=O)c2ccccc2C1=O. The van der Waals surface area contributed by atoms with E-state index in [2.05, 4.69) is 6.92 Å². The fourth-order valence-corrected chi connectivity index (χ4v) is 3.53. The Labute approximate surface area is 180 Å². The molecule has 0 heterocycles. The van der Waals surface area contributed by atoms with E-state index in [0.29, 0.717) is 17.5 Å². The molecule has 4 heteroatoms. The van der Waals surface area contributed by atoms with Crippen LogP contribution in [0.3, 0.4) is 0 Å². The van der Waals surface area contributed by atoms with Crippen LogP contribution in [-0.2, 0) is 9.53 Å². The molecule has 0 aromatic heterocycles. The Balaban J connectivity index is 2.08. The van der Waals surface area contributed by atoms with Crippen LogP contribution in [-0.4, -0.2) is 17.5 Å². The summed E-state index contributed by atoms with van der Waals surface area (Å²) in [5.74, 6) is -1.26. The van der Waals surface area contributed by atoms with Gasteiger partial charge < -0.3 is 4.74 Å². The van der Waals surface area contributed by atoms with Gasteiger partial charge in [-0.2, -0.15) is 0 Å². The van der Waals surface area contributed by atoms with Gasteiger partial charge in [0, 0.05) is 17.5 Å². The molecule has 0 amide bonds. The molecule has 0 saturated heterocycles. The number of rotatable bonds is 13. The minimum atomic E-state index is -0.467. The van der Waals surface area contributed by atoms with Crippen molar-refractivity contribution in [1.82, 2.24) is 0 Å². The summed E-state index contributed by atoms with van der Waals surface area (Å²) in [5.41, 5.74) is 0.850. The van der Waals surface area contributed by atoms with Crippen LogP contribution in [0.4, 0.5) is 0 Å². The molecule has 0 unspecified atom stereocenters. The average molecular weight is 411 g/mol. The van der Waals surface area contributed by atoms with Crippen molar-refractivity contribution in [3.8, 4) is 0 Å². The van der Waals surface area contributed by atoms with Crippen molar-refractivity contribution >= 4 is 17.5 Å². The lowest BCUT2D eigenvalue weighted by Crippen LogP contribution is -2.24. The van der Waals surface area contributed by atoms with Gasteiger partial charge in [0.1, 0.15) is 0 Å². The van der Waals surface area contributed by atoms with Gasteiger partial charge in [0.25, 0.3) is 0 Å². The fourth-order valence-electron chi connectivity index (χ4n) is 3.53. The van der Waals surface area contributed by atoms with Crippen molar-refractivity contribution in [2.45, 2.75) is 84.5 Å². The van der Waals surface area contributed by atoms with Crippen LogP contribution in [0.25, 0.3) is 0 Å². The molecule has 1 aliphatic rings. The van der Waals surface area contributed by atoms with Crippen molar-refractivity contribution in [2.24, 2.45) is 0 Å². The minimum absolute atomic E-state index is 0.129. The normalized spacial score (nSPS) is 13.8. The van der Waals surface area contributed by atoms with E-state index in [1.165, 1.54) is 32.1 Å². The highest BCUT2D eigenvalue weighted by atomic mass is 16.5. The molecule has 2 rings (SSSR count). The van der Waals surface area contributed by atoms with Crippen LogP contribution in [0, 0.1) is 0 Å². The molecule has 0 fully saturated rings. The molecular formula is C26H34O4. The molecule has 30 heavy (non-hydrogen) atoms. The third kappa shape index (κ3) is 6.79. The molecule has 0 saturated carbocycles. The third-order valence-corrected chi connectivity index (χ3v) is 5.32. The van der Waals surface area contributed by atoms with Gasteiger partial charge in [0.2, 0.25) is 5.78 Å². The first kappa shape index (κ1) is 23.8. The largest absolute Gasteiger partial charge is 0.421 e. The highest BCUT2D eigenvalue weighted by Crippen LogP contribution is 2.28. The minimum Gasteiger partial charge on any atom is -0.421 e. The number of ether oxygens (including phenoxy) is 1. The first-order valence-corrected chi connectivity index (χ1v) is 11.4. The maximum absolute atomic E-state index is 13.0. The summed E-state index contributed by atoms with van der Waals surface area (Å²) < 4.78 is 5.40. The second-order valence-corrected chi connectivity index (χ2v) is 7.84. The summed E-state index contributed by atoms with van der Waals surface area (Å²) in [5, 5.41) is 0. The van der Waals surface area contributed by atoms with Crippen LogP contribution in [0.15, 0.2) is 47.7 Å². The van der Waals surface area contributed by atoms with E-state index >= 15 is 0 Å². The second-order valence-electron chi connectivity index (χ2n) is 7.84. The maximum atomic E-state index is 13.0. The van der Waals surface area contributed by atoms with Crippen molar-refractivity contribution in [3.05, 3.63) is 58.9 Å². The Bertz CT molecular complexity index is 801. The Morgan fingerprint density at radius 2 is 1.43 bits per heavy atom. The van der Waals surface area contributed by atoms with E-state index in [1.54, 1.807) is 30.3 Å². The quantitative estimate of drug-likeness (QED) is 0.266. The van der Waals surface area contributed by atoms with E-state index < -0.39 is 11.8 Å². The monoisotopic (exact) mass is 410 g/mol. The zero-order valence-electron chi connectivity index (χ0n) is 18.4. The Morgan fingerprint density at radius 3 is 2.10 bits per heavy atom. The van der Waals surface area contributed by atoms with Gasteiger partial charge in [-0.25, -0.2) is 0 Å². The Morgan fingerprint density at radius 1 is 0.833 bits per heavy atom. The van der Waals surface area contributed by atoms with Gasteiger partial charge in [-0.15, -0.1) is 0 Å². The summed E-state index contributed by atoms with van der Waals surface area (Å²) in [4.78, 5) is 38.1. The molecule has 0 spiro atoms. The molecule has 1 aliphatic carbocycles. The van der Waals surface area contributed by atoms with Gasteiger partial charge in [-0.05, 0) is 19.3 Å². The Hall–Kier alpha value is -2.49. The molecule has 0 N–H and O–H groups in total. The number of hydrogen-bond donors (Lipinski definition) is 0. The molecular weight excluding hydrogens is 376 g/mol. The van der Waals surface area contributed by atoms with Crippen LogP contribution in [0.2, 0.25) is 0 Å². The summed E-state index contributed by atoms with van der Waals surface area (Å²) >= 11 is 0. The molecule has 1 aromatic carbocycles. The zero-order chi connectivity index (χ0) is 21.8. The van der Waals surface area contributed by atoms with E-state index in [4.69, 9.17) is 4.74 Å². The first-order valence-electron chi connectivity index (χ1n) is 11.4. The molecule has 0 bridgehead atoms. The summed E-state index contributed by atoms with van der Waals surface area (Å²) in [7, 11) is 0. The van der Waals surface area contributed by atoms with Crippen molar-refractivity contribution in [2.75, 3.05) is 0 Å². The Kier molecular flexibility index (Phi) is 10.3. The molecule has 0 radical (unpaired) electrons. The lowest BCUT2D eigenvalue weighted by Gasteiger charge is -2.18. The summed E-state index contributed by atoms with van der Waals surface area (Å²) in [6, 6.07) is 6.70. The predicted octanol–water partition coefficient (Wildman–Crippen LogP) is 6.75. The van der Waals surface area contributed by atoms with Crippen molar-refractivity contribution in [3.63, 3.8) is 0 Å². The van der Waals surface area contributed by atoms with Crippen molar-refractivity contribution < 1.29 is 19.1 Å². The fraction of sp³-hybridized carbons (Fsp3) is 0.500. The third-order valence-electron chi connectivity index (χ3n) is 5.32. The maximum Gasteiger partial charge on any atom is 0.311 e. The van der Waals surface area contributed by atoms with Crippen molar-refractivity contribution in [1.29, 1.82) is 0 Å². The second kappa shape index (κ2) is 12.9. The highest BCUT2D eigenvalue weighted by Gasteiger charge is 2.33. The number of ketones is 2. The van der Waals surface area contributed by atoms with Gasteiger partial charge in [0.05, 0.1) is 5.57 Å². The van der Waals surface area contributed by atoms with E-state index in [-0.39, 0.29) is 23.5 Å². The predicted molar refractivity (Wildman–Crippen MR) is 119 cm³/mol. The summed E-state index contributed by atoms with van der Waals surface area (Å²) in [6.45, 7) is 4.20. The number of Topliss-reactive ketones (excluding diaryl/α,β-unsaturated/α-hetero) is 2. The van der Waals surface area contributed by atoms with E-state index in [0.717, 1.165) is 25.7 Å². The van der Waals surface area contributed by atoms with E-state index in [9.17, 15) is 14.4 Å². The van der Waals surface area contributed by atoms with Crippen LogP contribution < -0.4 is 0 Å². The van der Waals surface area contributed by atoms with Crippen LogP contribution >= 0.6 is 0 Å². The molecule has 0 atom stereocenters. The van der Waals surface area contributed by atoms with Gasteiger partial charge >= 0.3 is 5.97 Å². The molecule has 1 aromatic rings. The topological polar surface area (TPSA) is 60.4 Å². The number of esters is 1. The number of fused-ring (bicyclic) bond motifs is 1. The van der Waals surface area contributed by atoms with Crippen LogP contribution in [0.5, 0.6) is 0 Å². The first-order chi connectivity index (χ1) is 14.6.